The van der Waals surface area contributed by atoms with Crippen LogP contribution in [0.3, 0.4) is 0 Å². The van der Waals surface area contributed by atoms with Crippen LogP contribution < -0.4 is 15.4 Å². The van der Waals surface area contributed by atoms with Crippen LogP contribution >= 0.6 is 11.3 Å². The molecule has 3 aromatic rings. The van der Waals surface area contributed by atoms with Gasteiger partial charge in [-0.1, -0.05) is 24.3 Å². The van der Waals surface area contributed by atoms with Crippen LogP contribution in [0.25, 0.3) is 11.1 Å². The number of carbonyl (C=O) groups is 2. The quantitative estimate of drug-likeness (QED) is 0.662. The van der Waals surface area contributed by atoms with E-state index in [0.717, 1.165) is 11.1 Å². The summed E-state index contributed by atoms with van der Waals surface area (Å²) in [6, 6.07) is 13.9. The first-order chi connectivity index (χ1) is 14.3. The zero-order valence-corrected chi connectivity index (χ0v) is 15.4. The molecule has 0 aliphatic rings. The number of hydrogen-bond acceptors (Lipinski definition) is 4. The van der Waals surface area contributed by atoms with Gasteiger partial charge < -0.3 is 15.4 Å². The molecule has 0 saturated heterocycles. The zero-order valence-electron chi connectivity index (χ0n) is 17.6. The molecule has 138 valence electrons. The lowest BCUT2D eigenvalue weighted by Crippen LogP contribution is -2.25. The maximum absolute atomic E-state index is 12.6. The number of ether oxygens (including phenoxy) is 1. The maximum Gasteiger partial charge on any atom is 0.257 e. The zero-order chi connectivity index (χ0) is 21.7. The number of thiophene rings is 1. The van der Waals surface area contributed by atoms with E-state index < -0.39 is 7.04 Å². The highest BCUT2D eigenvalue weighted by Crippen LogP contribution is 2.25. The summed E-state index contributed by atoms with van der Waals surface area (Å²) in [5.41, 5.74) is 2.87. The second kappa shape index (κ2) is 8.51. The molecular formula is C21H20N2O3S. The third kappa shape index (κ3) is 4.35. The number of rotatable bonds is 6. The van der Waals surface area contributed by atoms with Crippen LogP contribution in [-0.4, -0.2) is 25.4 Å². The molecule has 0 aliphatic heterocycles. The standard InChI is InChI=1S/C21H20N2O3S/c1-3-22-20(24)18-12-27-13-19(18)21(25)23-16-9-7-14(8-10-16)15-5-4-6-17(11-15)26-2/h4-13H,3H2,1-2H3,(H,22,24)(H,23,25)/i2D3. The van der Waals surface area contributed by atoms with Crippen LogP contribution in [-0.2, 0) is 0 Å². The molecule has 2 N–H and O–H groups in total. The summed E-state index contributed by atoms with van der Waals surface area (Å²) in [5, 5.41) is 8.78. The van der Waals surface area contributed by atoms with Crippen molar-refractivity contribution >= 4 is 28.8 Å². The maximum atomic E-state index is 12.6. The molecule has 0 fully saturated rings. The van der Waals surface area contributed by atoms with Crippen molar-refractivity contribution in [1.82, 2.24) is 5.32 Å². The Hall–Kier alpha value is -3.12. The second-order valence-corrected chi connectivity index (χ2v) is 6.46. The molecule has 1 heterocycles. The fourth-order valence-corrected chi connectivity index (χ4v) is 3.40. The average molecular weight is 383 g/mol. The molecule has 0 bridgehead atoms. The van der Waals surface area contributed by atoms with Crippen molar-refractivity contribution in [3.8, 4) is 16.9 Å². The van der Waals surface area contributed by atoms with E-state index in [2.05, 4.69) is 10.6 Å². The molecule has 3 rings (SSSR count). The Bertz CT molecular complexity index is 1050. The largest absolute Gasteiger partial charge is 0.497 e. The second-order valence-electron chi connectivity index (χ2n) is 5.72. The van der Waals surface area contributed by atoms with Gasteiger partial charge in [0.05, 0.1) is 22.3 Å². The molecule has 1 aromatic heterocycles. The van der Waals surface area contributed by atoms with E-state index in [0.29, 0.717) is 23.4 Å². The van der Waals surface area contributed by atoms with E-state index in [1.807, 2.05) is 25.1 Å². The van der Waals surface area contributed by atoms with E-state index in [1.54, 1.807) is 41.1 Å². The lowest BCUT2D eigenvalue weighted by molar-refractivity contribution is 0.0943. The van der Waals surface area contributed by atoms with Crippen LogP contribution in [0.4, 0.5) is 5.69 Å². The third-order valence-electron chi connectivity index (χ3n) is 3.92. The van der Waals surface area contributed by atoms with E-state index in [9.17, 15) is 9.59 Å². The molecular weight excluding hydrogens is 360 g/mol. The van der Waals surface area contributed by atoms with Crippen LogP contribution in [0, 0.1) is 0 Å². The van der Waals surface area contributed by atoms with Gasteiger partial charge in [-0.3, -0.25) is 9.59 Å². The molecule has 2 aromatic carbocycles. The topological polar surface area (TPSA) is 67.4 Å². The van der Waals surface area contributed by atoms with Crippen LogP contribution in [0.2, 0.25) is 0 Å². The van der Waals surface area contributed by atoms with Crippen molar-refractivity contribution in [2.24, 2.45) is 0 Å². The highest BCUT2D eigenvalue weighted by Gasteiger charge is 2.18. The Labute approximate surface area is 166 Å². The van der Waals surface area contributed by atoms with E-state index in [4.69, 9.17) is 8.85 Å². The Morgan fingerprint density at radius 2 is 1.78 bits per heavy atom. The van der Waals surface area contributed by atoms with Crippen molar-refractivity contribution in [3.63, 3.8) is 0 Å². The fraction of sp³-hybridized carbons (Fsp3) is 0.143. The first-order valence-electron chi connectivity index (χ1n) is 9.82. The summed E-state index contributed by atoms with van der Waals surface area (Å²) in [6.07, 6.45) is 0. The van der Waals surface area contributed by atoms with Crippen LogP contribution in [0.5, 0.6) is 5.75 Å². The minimum Gasteiger partial charge on any atom is -0.497 e. The molecule has 6 heteroatoms. The van der Waals surface area contributed by atoms with E-state index >= 15 is 0 Å². The van der Waals surface area contributed by atoms with Gasteiger partial charge >= 0.3 is 0 Å². The highest BCUT2D eigenvalue weighted by atomic mass is 32.1. The number of benzene rings is 2. The fourth-order valence-electron chi connectivity index (χ4n) is 2.59. The van der Waals surface area contributed by atoms with Gasteiger partial charge in [0.2, 0.25) is 0 Å². The molecule has 0 unspecified atom stereocenters. The Balaban J connectivity index is 1.73. The van der Waals surface area contributed by atoms with E-state index in [-0.39, 0.29) is 17.6 Å². The van der Waals surface area contributed by atoms with Gasteiger partial charge in [0, 0.05) is 23.0 Å². The smallest absolute Gasteiger partial charge is 0.257 e. The SMILES string of the molecule is [2H]C([2H])([2H])Oc1cccc(-c2ccc(NC(=O)c3cscc3C(=O)NCC)cc2)c1. The van der Waals surface area contributed by atoms with Crippen molar-refractivity contribution in [2.45, 2.75) is 6.92 Å². The number of methoxy groups -OCH3 is 1. The Morgan fingerprint density at radius 1 is 1.04 bits per heavy atom. The lowest BCUT2D eigenvalue weighted by Gasteiger charge is -2.08. The minimum atomic E-state index is -2.51. The summed E-state index contributed by atoms with van der Waals surface area (Å²) in [5.74, 6) is -0.392. The number of nitrogens with one attached hydrogen (secondary N) is 2. The summed E-state index contributed by atoms with van der Waals surface area (Å²) in [4.78, 5) is 24.7. The monoisotopic (exact) mass is 383 g/mol. The van der Waals surface area contributed by atoms with Crippen LogP contribution in [0.15, 0.2) is 59.3 Å². The molecule has 5 nitrogen and oxygen atoms in total. The van der Waals surface area contributed by atoms with Gasteiger partial charge in [0.25, 0.3) is 11.8 Å². The van der Waals surface area contributed by atoms with Gasteiger partial charge in [0.15, 0.2) is 0 Å². The molecule has 27 heavy (non-hydrogen) atoms. The first kappa shape index (κ1) is 15.0. The van der Waals surface area contributed by atoms with Crippen molar-refractivity contribution < 1.29 is 18.4 Å². The van der Waals surface area contributed by atoms with Crippen molar-refractivity contribution in [2.75, 3.05) is 18.9 Å². The average Bonchev–Trinajstić information content (AvgIpc) is 3.18. The molecule has 0 radical (unpaired) electrons. The summed E-state index contributed by atoms with van der Waals surface area (Å²) < 4.78 is 26.6. The number of carbonyl (C=O) groups excluding carboxylic acids is 2. The predicted octanol–water partition coefficient (Wildman–Crippen LogP) is 4.43. The van der Waals surface area contributed by atoms with Crippen LogP contribution in [0.1, 0.15) is 31.8 Å². The van der Waals surface area contributed by atoms with Gasteiger partial charge in [-0.15, -0.1) is 0 Å². The minimum absolute atomic E-state index is 0.250. The number of anilines is 1. The molecule has 0 aliphatic carbocycles. The first-order valence-corrected chi connectivity index (χ1v) is 9.26. The predicted molar refractivity (Wildman–Crippen MR) is 109 cm³/mol. The number of amides is 2. The molecule has 0 saturated carbocycles. The van der Waals surface area contributed by atoms with Crippen molar-refractivity contribution in [3.05, 3.63) is 70.4 Å². The van der Waals surface area contributed by atoms with Crippen molar-refractivity contribution in [1.29, 1.82) is 0 Å². The normalized spacial score (nSPS) is 12.4. The third-order valence-corrected chi connectivity index (χ3v) is 4.66. The van der Waals surface area contributed by atoms with Gasteiger partial charge in [-0.05, 0) is 42.3 Å². The Kier molecular flexibility index (Phi) is 4.72. The Morgan fingerprint density at radius 3 is 2.48 bits per heavy atom. The molecule has 0 atom stereocenters. The van der Waals surface area contributed by atoms with Gasteiger partial charge in [-0.25, -0.2) is 0 Å². The summed E-state index contributed by atoms with van der Waals surface area (Å²) in [7, 11) is -2.51. The van der Waals surface area contributed by atoms with Gasteiger partial charge in [0.1, 0.15) is 5.75 Å². The van der Waals surface area contributed by atoms with Gasteiger partial charge in [-0.2, -0.15) is 11.3 Å². The summed E-state index contributed by atoms with van der Waals surface area (Å²) in [6.45, 7) is 2.30. The van der Waals surface area contributed by atoms with E-state index in [1.165, 1.54) is 11.3 Å². The lowest BCUT2D eigenvalue weighted by atomic mass is 10.0. The summed E-state index contributed by atoms with van der Waals surface area (Å²) >= 11 is 1.29. The highest BCUT2D eigenvalue weighted by molar-refractivity contribution is 7.08. The number of hydrogen-bond donors (Lipinski definition) is 2. The molecule has 2 amide bonds. The molecule has 0 spiro atoms.